The van der Waals surface area contributed by atoms with Gasteiger partial charge in [0.25, 0.3) is 0 Å². The lowest BCUT2D eigenvalue weighted by atomic mass is 10.5. The lowest BCUT2D eigenvalue weighted by molar-refractivity contribution is 0.560. The Morgan fingerprint density at radius 1 is 1.62 bits per heavy atom. The summed E-state index contributed by atoms with van der Waals surface area (Å²) >= 11 is 0. The Morgan fingerprint density at radius 2 is 2.50 bits per heavy atom. The van der Waals surface area contributed by atoms with Crippen LogP contribution in [0.1, 0.15) is 11.5 Å². The van der Waals surface area contributed by atoms with Gasteiger partial charge in [0.15, 0.2) is 5.82 Å². The van der Waals surface area contributed by atoms with Gasteiger partial charge in [0.2, 0.25) is 0 Å². The molecule has 0 aromatic carbocycles. The molecule has 0 aliphatic heterocycles. The molecule has 7 heteroatoms. The van der Waals surface area contributed by atoms with Crippen LogP contribution in [-0.4, -0.2) is 21.4 Å². The molecule has 2 aromatic heterocycles. The van der Waals surface area contributed by atoms with Gasteiger partial charge in [0, 0.05) is 0 Å². The van der Waals surface area contributed by atoms with E-state index in [2.05, 4.69) is 25.7 Å². The van der Waals surface area contributed by atoms with Gasteiger partial charge in [0.05, 0.1) is 12.5 Å². The van der Waals surface area contributed by atoms with Gasteiger partial charge in [-0.05, 0) is 19.1 Å². The molecule has 2 N–H and O–H groups in total. The van der Waals surface area contributed by atoms with Crippen molar-refractivity contribution in [2.45, 2.75) is 6.92 Å². The standard InChI is InChI=1S/C9H9N5O2/c1-6-8(11-9(15)14-12-6)13-10-5-7-3-2-4-16-7/h2-5H,1H3,(H2,11,13,14,15)/b10-5+. The van der Waals surface area contributed by atoms with Crippen molar-refractivity contribution in [3.8, 4) is 0 Å². The van der Waals surface area contributed by atoms with Crippen LogP contribution >= 0.6 is 0 Å². The summed E-state index contributed by atoms with van der Waals surface area (Å²) in [7, 11) is 0. The number of furan rings is 1. The summed E-state index contributed by atoms with van der Waals surface area (Å²) < 4.78 is 5.03. The fraction of sp³-hybridized carbons (Fsp3) is 0.111. The number of hydrazone groups is 1. The molecule has 16 heavy (non-hydrogen) atoms. The Balaban J connectivity index is 2.10. The number of rotatable bonds is 3. The van der Waals surface area contributed by atoms with E-state index in [4.69, 9.17) is 4.42 Å². The number of aromatic nitrogens is 3. The molecule has 7 nitrogen and oxygen atoms in total. The third kappa shape index (κ3) is 2.32. The Kier molecular flexibility index (Phi) is 2.77. The van der Waals surface area contributed by atoms with Crippen LogP contribution in [0.15, 0.2) is 32.7 Å². The Morgan fingerprint density at radius 3 is 3.25 bits per heavy atom. The second kappa shape index (κ2) is 4.39. The molecule has 0 bridgehead atoms. The fourth-order valence-corrected chi connectivity index (χ4v) is 1.02. The molecule has 2 heterocycles. The topological polar surface area (TPSA) is 96.2 Å². The monoisotopic (exact) mass is 219 g/mol. The van der Waals surface area contributed by atoms with Gasteiger partial charge >= 0.3 is 5.69 Å². The lowest BCUT2D eigenvalue weighted by Gasteiger charge is -1.99. The zero-order valence-electron chi connectivity index (χ0n) is 8.47. The summed E-state index contributed by atoms with van der Waals surface area (Å²) in [6.07, 6.45) is 3.02. The highest BCUT2D eigenvalue weighted by Crippen LogP contribution is 2.03. The van der Waals surface area contributed by atoms with Gasteiger partial charge in [-0.1, -0.05) is 0 Å². The molecule has 0 amide bonds. The number of aromatic amines is 1. The molecule has 0 fully saturated rings. The van der Waals surface area contributed by atoms with Gasteiger partial charge in [-0.2, -0.15) is 15.2 Å². The van der Waals surface area contributed by atoms with E-state index in [1.54, 1.807) is 25.3 Å². The molecule has 0 saturated heterocycles. The van der Waals surface area contributed by atoms with E-state index in [0.717, 1.165) is 0 Å². The minimum absolute atomic E-state index is 0.312. The maximum atomic E-state index is 10.9. The average Bonchev–Trinajstić information content (AvgIpc) is 2.76. The van der Waals surface area contributed by atoms with Crippen molar-refractivity contribution in [3.63, 3.8) is 0 Å². The number of hydrogen-bond donors (Lipinski definition) is 2. The maximum Gasteiger partial charge on any atom is 0.363 e. The quantitative estimate of drug-likeness (QED) is 0.579. The lowest BCUT2D eigenvalue weighted by Crippen LogP contribution is -2.15. The highest BCUT2D eigenvalue weighted by Gasteiger charge is 1.99. The molecule has 0 radical (unpaired) electrons. The normalized spacial score (nSPS) is 10.8. The first-order valence-electron chi connectivity index (χ1n) is 4.51. The van der Waals surface area contributed by atoms with E-state index < -0.39 is 5.69 Å². The second-order valence-corrected chi connectivity index (χ2v) is 2.96. The molecule has 0 unspecified atom stereocenters. The summed E-state index contributed by atoms with van der Waals surface area (Å²) in [4.78, 5) is 14.6. The smallest absolute Gasteiger partial charge is 0.363 e. The largest absolute Gasteiger partial charge is 0.463 e. The molecule has 0 aliphatic rings. The predicted octanol–water partition coefficient (Wildman–Crippen LogP) is 0.512. The number of H-pyrrole nitrogens is 1. The molecular weight excluding hydrogens is 210 g/mol. The van der Waals surface area contributed by atoms with E-state index in [9.17, 15) is 4.79 Å². The molecule has 82 valence electrons. The van der Waals surface area contributed by atoms with Crippen molar-refractivity contribution in [1.29, 1.82) is 0 Å². The van der Waals surface area contributed by atoms with Crippen LogP contribution in [0, 0.1) is 6.92 Å². The SMILES string of the molecule is Cc1n[nH]c(=O)nc1N/N=C/c1ccco1. The first-order valence-corrected chi connectivity index (χ1v) is 4.51. The third-order valence-electron chi connectivity index (χ3n) is 1.78. The van der Waals surface area contributed by atoms with Gasteiger partial charge < -0.3 is 4.42 Å². The number of hydrogen-bond acceptors (Lipinski definition) is 6. The zero-order valence-corrected chi connectivity index (χ0v) is 8.47. The fourth-order valence-electron chi connectivity index (χ4n) is 1.02. The van der Waals surface area contributed by atoms with Crippen molar-refractivity contribution in [2.24, 2.45) is 5.10 Å². The minimum Gasteiger partial charge on any atom is -0.463 e. The van der Waals surface area contributed by atoms with Gasteiger partial charge in [-0.3, -0.25) is 5.43 Å². The summed E-state index contributed by atoms with van der Waals surface area (Å²) in [5, 5.41) is 9.81. The number of nitrogens with one attached hydrogen (secondary N) is 2. The molecule has 2 aromatic rings. The molecule has 0 saturated carbocycles. The molecule has 0 spiro atoms. The third-order valence-corrected chi connectivity index (χ3v) is 1.78. The highest BCUT2D eigenvalue weighted by atomic mass is 16.3. The van der Waals surface area contributed by atoms with Crippen LogP contribution in [0.3, 0.4) is 0 Å². The second-order valence-electron chi connectivity index (χ2n) is 2.96. The Bertz CT molecular complexity index is 543. The van der Waals surface area contributed by atoms with Crippen molar-refractivity contribution < 1.29 is 4.42 Å². The molecular formula is C9H9N5O2. The summed E-state index contributed by atoms with van der Waals surface area (Å²) in [5.74, 6) is 0.912. The van der Waals surface area contributed by atoms with Crippen LogP contribution < -0.4 is 11.1 Å². The highest BCUT2D eigenvalue weighted by molar-refractivity contribution is 5.76. The molecule has 0 atom stereocenters. The zero-order chi connectivity index (χ0) is 11.4. The number of nitrogens with zero attached hydrogens (tertiary/aromatic N) is 3. The maximum absolute atomic E-state index is 10.9. The van der Waals surface area contributed by atoms with Crippen LogP contribution in [-0.2, 0) is 0 Å². The summed E-state index contributed by atoms with van der Waals surface area (Å²) in [6, 6.07) is 3.50. The van der Waals surface area contributed by atoms with Crippen molar-refractivity contribution in [2.75, 3.05) is 5.43 Å². The minimum atomic E-state index is -0.527. The van der Waals surface area contributed by atoms with E-state index in [1.165, 1.54) is 6.21 Å². The van der Waals surface area contributed by atoms with E-state index in [1.807, 2.05) is 0 Å². The first kappa shape index (κ1) is 10.1. The van der Waals surface area contributed by atoms with Crippen LogP contribution in [0.2, 0.25) is 0 Å². The average molecular weight is 219 g/mol. The van der Waals surface area contributed by atoms with Crippen LogP contribution in [0.4, 0.5) is 5.82 Å². The van der Waals surface area contributed by atoms with Crippen LogP contribution in [0.5, 0.6) is 0 Å². The summed E-state index contributed by atoms with van der Waals surface area (Å²) in [6.45, 7) is 1.70. The van der Waals surface area contributed by atoms with Crippen molar-refractivity contribution in [1.82, 2.24) is 15.2 Å². The Hall–Kier alpha value is -2.44. The summed E-state index contributed by atoms with van der Waals surface area (Å²) in [5.41, 5.74) is 2.63. The van der Waals surface area contributed by atoms with E-state index >= 15 is 0 Å². The van der Waals surface area contributed by atoms with E-state index in [-0.39, 0.29) is 0 Å². The van der Waals surface area contributed by atoms with Crippen molar-refractivity contribution >= 4 is 12.0 Å². The number of anilines is 1. The van der Waals surface area contributed by atoms with Crippen molar-refractivity contribution in [3.05, 3.63) is 40.3 Å². The molecule has 2 rings (SSSR count). The predicted molar refractivity (Wildman–Crippen MR) is 57.3 cm³/mol. The first-order chi connectivity index (χ1) is 7.75. The van der Waals surface area contributed by atoms with Crippen LogP contribution in [0.25, 0.3) is 0 Å². The van der Waals surface area contributed by atoms with Gasteiger partial charge in [-0.25, -0.2) is 9.89 Å². The Labute approximate surface area is 90.2 Å². The molecule has 0 aliphatic carbocycles. The van der Waals surface area contributed by atoms with Gasteiger partial charge in [0.1, 0.15) is 11.5 Å². The van der Waals surface area contributed by atoms with E-state index in [0.29, 0.717) is 17.3 Å². The van der Waals surface area contributed by atoms with Gasteiger partial charge in [-0.15, -0.1) is 0 Å². The number of aryl methyl sites for hydroxylation is 1.